The van der Waals surface area contributed by atoms with Gasteiger partial charge in [-0.3, -0.25) is 10.1 Å². The number of alkyl carbamates (subject to hydrolysis) is 1. The van der Waals surface area contributed by atoms with E-state index >= 15 is 0 Å². The number of rotatable bonds is 3. The standard InChI is InChI=1S/C26H34N4O6/c1-15-8-7-9-19(30-25(33)36-26(2,3)4)21-12-16(13-22(28-21)34-5)18-11-10-17(27-24(32)35-6)14-20(18)29-23(15)31/h10-15,19H,7-9H2,1-6H3,(H,27,32)(H,29,31)(H,30,33)/t15-,19+/m1/s1. The fourth-order valence-electron chi connectivity index (χ4n) is 3.87. The summed E-state index contributed by atoms with van der Waals surface area (Å²) in [6.07, 6.45) is 0.665. The van der Waals surface area contributed by atoms with E-state index in [1.54, 1.807) is 45.0 Å². The van der Waals surface area contributed by atoms with Gasteiger partial charge in [-0.15, -0.1) is 0 Å². The Morgan fingerprint density at radius 2 is 1.83 bits per heavy atom. The lowest BCUT2D eigenvalue weighted by Crippen LogP contribution is -2.35. The SMILES string of the molecule is COC(=O)Nc1ccc2c(c1)NC(=O)[C@H](C)CCC[C@H](NC(=O)OC(C)(C)C)c1cc-2cc(OC)n1. The van der Waals surface area contributed by atoms with E-state index in [4.69, 9.17) is 9.47 Å². The molecule has 0 saturated carbocycles. The number of hydrogen-bond acceptors (Lipinski definition) is 7. The second-order valence-corrected chi connectivity index (χ2v) is 9.72. The van der Waals surface area contributed by atoms with Crippen molar-refractivity contribution in [3.63, 3.8) is 0 Å². The summed E-state index contributed by atoms with van der Waals surface area (Å²) < 4.78 is 15.6. The summed E-state index contributed by atoms with van der Waals surface area (Å²) in [5.74, 6) is -0.0691. The van der Waals surface area contributed by atoms with E-state index in [0.717, 1.165) is 5.56 Å². The van der Waals surface area contributed by atoms with Gasteiger partial charge in [0.15, 0.2) is 0 Å². The monoisotopic (exact) mass is 498 g/mol. The predicted molar refractivity (Wildman–Crippen MR) is 136 cm³/mol. The molecule has 194 valence electrons. The lowest BCUT2D eigenvalue weighted by Gasteiger charge is -2.25. The highest BCUT2D eigenvalue weighted by Crippen LogP contribution is 2.35. The topological polar surface area (TPSA) is 128 Å². The van der Waals surface area contributed by atoms with Crippen molar-refractivity contribution in [2.75, 3.05) is 24.9 Å². The number of pyridine rings is 1. The van der Waals surface area contributed by atoms with E-state index in [1.165, 1.54) is 14.2 Å². The van der Waals surface area contributed by atoms with Gasteiger partial charge >= 0.3 is 12.2 Å². The molecule has 3 amide bonds. The van der Waals surface area contributed by atoms with Crippen LogP contribution >= 0.6 is 0 Å². The molecule has 0 saturated heterocycles. The Bertz CT molecular complexity index is 1130. The van der Waals surface area contributed by atoms with Crippen LogP contribution < -0.4 is 20.7 Å². The normalized spacial score (nSPS) is 17.9. The smallest absolute Gasteiger partial charge is 0.411 e. The number of aromatic nitrogens is 1. The average Bonchev–Trinajstić information content (AvgIpc) is 2.81. The molecule has 0 radical (unpaired) electrons. The van der Waals surface area contributed by atoms with Crippen LogP contribution in [0.25, 0.3) is 11.1 Å². The fourth-order valence-corrected chi connectivity index (χ4v) is 3.87. The molecule has 1 aromatic carbocycles. The van der Waals surface area contributed by atoms with Crippen LogP contribution in [-0.4, -0.2) is 42.9 Å². The maximum atomic E-state index is 13.0. The Balaban J connectivity index is 2.10. The molecule has 2 atom stereocenters. The largest absolute Gasteiger partial charge is 0.481 e. The molecule has 10 heteroatoms. The zero-order valence-corrected chi connectivity index (χ0v) is 21.6. The summed E-state index contributed by atoms with van der Waals surface area (Å²) in [6, 6.07) is 8.32. The van der Waals surface area contributed by atoms with E-state index < -0.39 is 23.8 Å². The number of methoxy groups -OCH3 is 2. The molecule has 0 aliphatic carbocycles. The van der Waals surface area contributed by atoms with Gasteiger partial charge in [-0.1, -0.05) is 19.4 Å². The zero-order chi connectivity index (χ0) is 26.5. The first kappa shape index (κ1) is 26.8. The summed E-state index contributed by atoms with van der Waals surface area (Å²) in [5, 5.41) is 8.55. The number of ether oxygens (including phenoxy) is 3. The van der Waals surface area contributed by atoms with E-state index in [0.29, 0.717) is 47.8 Å². The number of amides is 3. The van der Waals surface area contributed by atoms with Gasteiger partial charge < -0.3 is 24.8 Å². The van der Waals surface area contributed by atoms with Gasteiger partial charge in [0, 0.05) is 23.2 Å². The van der Waals surface area contributed by atoms with E-state index in [9.17, 15) is 14.4 Å². The highest BCUT2D eigenvalue weighted by Gasteiger charge is 2.25. The van der Waals surface area contributed by atoms with Gasteiger partial charge in [0.25, 0.3) is 0 Å². The quantitative estimate of drug-likeness (QED) is 0.527. The minimum Gasteiger partial charge on any atom is -0.481 e. The average molecular weight is 499 g/mol. The van der Waals surface area contributed by atoms with E-state index in [2.05, 4.69) is 25.7 Å². The molecule has 1 aromatic heterocycles. The van der Waals surface area contributed by atoms with Gasteiger partial charge in [0.05, 0.1) is 31.6 Å². The number of carbonyl (C=O) groups excluding carboxylic acids is 3. The zero-order valence-electron chi connectivity index (χ0n) is 21.6. The fraction of sp³-hybridized carbons (Fsp3) is 0.462. The van der Waals surface area contributed by atoms with Crippen LogP contribution in [0.2, 0.25) is 0 Å². The number of nitrogens with zero attached hydrogens (tertiary/aromatic N) is 1. The number of nitrogens with one attached hydrogen (secondary N) is 3. The summed E-state index contributed by atoms with van der Waals surface area (Å²) in [4.78, 5) is 41.9. The third-order valence-electron chi connectivity index (χ3n) is 5.68. The summed E-state index contributed by atoms with van der Waals surface area (Å²) in [7, 11) is 2.79. The van der Waals surface area contributed by atoms with E-state index in [1.807, 2.05) is 13.0 Å². The number of anilines is 2. The molecule has 2 aromatic rings. The molecular weight excluding hydrogens is 464 g/mol. The maximum absolute atomic E-state index is 13.0. The molecule has 2 bridgehead atoms. The summed E-state index contributed by atoms with van der Waals surface area (Å²) in [6.45, 7) is 7.26. The summed E-state index contributed by atoms with van der Waals surface area (Å²) >= 11 is 0. The van der Waals surface area contributed by atoms with Crippen molar-refractivity contribution in [1.29, 1.82) is 0 Å². The van der Waals surface area contributed by atoms with Crippen LogP contribution in [0.3, 0.4) is 0 Å². The number of carbonyl (C=O) groups is 3. The van der Waals surface area contributed by atoms with Gasteiger partial charge in [-0.05, 0) is 57.4 Å². The van der Waals surface area contributed by atoms with Crippen LogP contribution in [0.5, 0.6) is 5.88 Å². The first-order valence-electron chi connectivity index (χ1n) is 11.8. The van der Waals surface area contributed by atoms with Crippen molar-refractivity contribution in [3.05, 3.63) is 36.0 Å². The molecule has 1 aliphatic heterocycles. The highest BCUT2D eigenvalue weighted by molar-refractivity contribution is 5.98. The van der Waals surface area contributed by atoms with Gasteiger partial charge in [-0.2, -0.15) is 0 Å². The molecule has 0 unspecified atom stereocenters. The van der Waals surface area contributed by atoms with E-state index in [-0.39, 0.29) is 11.8 Å². The van der Waals surface area contributed by atoms with Crippen LogP contribution in [0.15, 0.2) is 30.3 Å². The maximum Gasteiger partial charge on any atom is 0.411 e. The van der Waals surface area contributed by atoms with Crippen LogP contribution in [0.1, 0.15) is 58.7 Å². The van der Waals surface area contributed by atoms with Crippen molar-refractivity contribution in [1.82, 2.24) is 10.3 Å². The molecule has 1 aliphatic rings. The molecule has 2 heterocycles. The summed E-state index contributed by atoms with van der Waals surface area (Å²) in [5.41, 5.74) is 2.36. The van der Waals surface area contributed by atoms with Crippen LogP contribution in [-0.2, 0) is 14.3 Å². The van der Waals surface area contributed by atoms with Crippen LogP contribution in [0.4, 0.5) is 21.0 Å². The Kier molecular flexibility index (Phi) is 8.39. The molecule has 36 heavy (non-hydrogen) atoms. The van der Waals surface area contributed by atoms with Crippen molar-refractivity contribution < 1.29 is 28.6 Å². The minimum atomic E-state index is -0.649. The van der Waals surface area contributed by atoms with Gasteiger partial charge in [0.1, 0.15) is 5.60 Å². The first-order valence-corrected chi connectivity index (χ1v) is 11.8. The Labute approximate surface area is 211 Å². The van der Waals surface area contributed by atoms with Crippen molar-refractivity contribution in [2.45, 2.75) is 58.6 Å². The first-order chi connectivity index (χ1) is 17.0. The number of hydrogen-bond donors (Lipinski definition) is 3. The van der Waals surface area contributed by atoms with Crippen molar-refractivity contribution >= 4 is 29.5 Å². The second-order valence-electron chi connectivity index (χ2n) is 9.72. The van der Waals surface area contributed by atoms with Crippen LogP contribution in [0, 0.1) is 5.92 Å². The third kappa shape index (κ3) is 7.10. The number of fused-ring (bicyclic) bond motifs is 4. The van der Waals surface area contributed by atoms with Crippen molar-refractivity contribution in [3.8, 4) is 17.0 Å². The minimum absolute atomic E-state index is 0.148. The highest BCUT2D eigenvalue weighted by atomic mass is 16.6. The molecule has 10 nitrogen and oxygen atoms in total. The molecule has 0 spiro atoms. The second kappa shape index (κ2) is 11.3. The predicted octanol–water partition coefficient (Wildman–Crippen LogP) is 5.26. The lowest BCUT2D eigenvalue weighted by molar-refractivity contribution is -0.119. The molecular formula is C26H34N4O6. The Morgan fingerprint density at radius 3 is 2.50 bits per heavy atom. The molecule has 3 rings (SSSR count). The lowest BCUT2D eigenvalue weighted by atomic mass is 9.95. The Morgan fingerprint density at radius 1 is 1.08 bits per heavy atom. The van der Waals surface area contributed by atoms with Gasteiger partial charge in [-0.25, -0.2) is 14.6 Å². The Hall–Kier alpha value is -3.82. The third-order valence-corrected chi connectivity index (χ3v) is 5.68. The number of benzene rings is 1. The molecule has 0 fully saturated rings. The van der Waals surface area contributed by atoms with Crippen molar-refractivity contribution in [2.24, 2.45) is 5.92 Å². The molecule has 3 N–H and O–H groups in total. The van der Waals surface area contributed by atoms with Gasteiger partial charge in [0.2, 0.25) is 11.8 Å².